The molecule has 0 aliphatic rings. The minimum Gasteiger partial charge on any atom is -0.444 e. The maximum Gasteiger partial charge on any atom is 0.408 e. The molecule has 0 atom stereocenters. The van der Waals surface area contributed by atoms with Crippen LogP contribution in [0.3, 0.4) is 0 Å². The van der Waals surface area contributed by atoms with Gasteiger partial charge in [0, 0.05) is 0 Å². The summed E-state index contributed by atoms with van der Waals surface area (Å²) in [4.78, 5) is 11.3. The molecule has 6 nitrogen and oxygen atoms in total. The summed E-state index contributed by atoms with van der Waals surface area (Å²) in [7, 11) is 0. The van der Waals surface area contributed by atoms with Crippen LogP contribution < -0.4 is 5.32 Å². The fourth-order valence-corrected chi connectivity index (χ4v) is 1.16. The average Bonchev–Trinajstić information content (AvgIpc) is 2.59. The summed E-state index contributed by atoms with van der Waals surface area (Å²) >= 11 is 1.35. The Kier molecular flexibility index (Phi) is 4.17. The first-order valence-corrected chi connectivity index (χ1v) is 5.96. The third kappa shape index (κ3) is 4.52. The molecule has 1 aromatic heterocycles. The Balaban J connectivity index is 2.37. The van der Waals surface area contributed by atoms with Gasteiger partial charge in [-0.05, 0) is 27.0 Å². The van der Waals surface area contributed by atoms with Crippen molar-refractivity contribution in [2.75, 3.05) is 6.26 Å². The number of amides is 1. The van der Waals surface area contributed by atoms with Crippen LogP contribution in [-0.4, -0.2) is 28.1 Å². The number of aromatic nitrogens is 2. The van der Waals surface area contributed by atoms with Gasteiger partial charge in [-0.15, -0.1) is 10.2 Å². The number of ether oxygens (including phenoxy) is 1. The number of carbonyl (C=O) groups excluding carboxylic acids is 1. The fraction of sp³-hybridized carbons (Fsp3) is 0.667. The molecule has 90 valence electrons. The highest BCUT2D eigenvalue weighted by Gasteiger charge is 2.16. The lowest BCUT2D eigenvalue weighted by molar-refractivity contribution is 0.0518. The predicted octanol–water partition coefficient (Wildman–Crippen LogP) is 1.82. The van der Waals surface area contributed by atoms with Crippen LogP contribution in [0.25, 0.3) is 0 Å². The minimum absolute atomic E-state index is 0.169. The smallest absolute Gasteiger partial charge is 0.408 e. The number of nitrogens with one attached hydrogen (secondary N) is 1. The Morgan fingerprint density at radius 2 is 2.19 bits per heavy atom. The molecule has 0 unspecified atom stereocenters. The Hall–Kier alpha value is -1.24. The van der Waals surface area contributed by atoms with E-state index in [1.165, 1.54) is 11.8 Å². The molecule has 16 heavy (non-hydrogen) atoms. The summed E-state index contributed by atoms with van der Waals surface area (Å²) in [6, 6.07) is 0. The molecule has 0 radical (unpaired) electrons. The standard InChI is InChI=1S/C9H15N3O3S/c1-9(2,3)15-7(13)10-5-6-11-12-8(14-6)16-4/h5H2,1-4H3,(H,10,13). The maximum atomic E-state index is 11.3. The van der Waals surface area contributed by atoms with Crippen molar-refractivity contribution in [3.8, 4) is 0 Å². The summed E-state index contributed by atoms with van der Waals surface area (Å²) in [5, 5.41) is 10.5. The normalized spacial score (nSPS) is 11.2. The van der Waals surface area contributed by atoms with Gasteiger partial charge in [0.15, 0.2) is 0 Å². The molecule has 0 spiro atoms. The van der Waals surface area contributed by atoms with E-state index in [2.05, 4.69) is 15.5 Å². The Labute approximate surface area is 98.1 Å². The van der Waals surface area contributed by atoms with Gasteiger partial charge in [0.25, 0.3) is 5.22 Å². The number of thioether (sulfide) groups is 1. The lowest BCUT2D eigenvalue weighted by Crippen LogP contribution is -2.32. The van der Waals surface area contributed by atoms with E-state index in [0.29, 0.717) is 11.1 Å². The van der Waals surface area contributed by atoms with Crippen LogP contribution in [0.5, 0.6) is 0 Å². The largest absolute Gasteiger partial charge is 0.444 e. The third-order valence-electron chi connectivity index (χ3n) is 1.41. The summed E-state index contributed by atoms with van der Waals surface area (Å²) < 4.78 is 10.2. The van der Waals surface area contributed by atoms with E-state index in [0.717, 1.165) is 0 Å². The summed E-state index contributed by atoms with van der Waals surface area (Å²) in [5.41, 5.74) is -0.511. The van der Waals surface area contributed by atoms with Gasteiger partial charge in [-0.25, -0.2) is 4.79 Å². The molecular weight excluding hydrogens is 230 g/mol. The molecular formula is C9H15N3O3S. The van der Waals surface area contributed by atoms with Crippen molar-refractivity contribution in [1.29, 1.82) is 0 Å². The van der Waals surface area contributed by atoms with E-state index >= 15 is 0 Å². The first-order chi connectivity index (χ1) is 7.40. The van der Waals surface area contributed by atoms with Crippen molar-refractivity contribution in [1.82, 2.24) is 15.5 Å². The van der Waals surface area contributed by atoms with Crippen LogP contribution in [0.1, 0.15) is 26.7 Å². The monoisotopic (exact) mass is 245 g/mol. The second-order valence-corrected chi connectivity index (χ2v) is 4.78. The zero-order chi connectivity index (χ0) is 12.2. The van der Waals surface area contributed by atoms with Crippen LogP contribution >= 0.6 is 11.8 Å². The Bertz CT molecular complexity index is 359. The first kappa shape index (κ1) is 12.8. The van der Waals surface area contributed by atoms with Crippen molar-refractivity contribution in [3.05, 3.63) is 5.89 Å². The molecule has 0 aliphatic heterocycles. The number of hydrogen-bond acceptors (Lipinski definition) is 6. The highest BCUT2D eigenvalue weighted by atomic mass is 32.2. The molecule has 0 aromatic carbocycles. The minimum atomic E-state index is -0.511. The van der Waals surface area contributed by atoms with Gasteiger partial charge in [-0.2, -0.15) is 0 Å². The number of alkyl carbamates (subject to hydrolysis) is 1. The van der Waals surface area contributed by atoms with Gasteiger partial charge >= 0.3 is 6.09 Å². The highest BCUT2D eigenvalue weighted by molar-refractivity contribution is 7.98. The van der Waals surface area contributed by atoms with Gasteiger partial charge in [0.2, 0.25) is 5.89 Å². The summed E-state index contributed by atoms with van der Waals surface area (Å²) in [6.45, 7) is 5.56. The van der Waals surface area contributed by atoms with Crippen molar-refractivity contribution < 1.29 is 13.9 Å². The molecule has 1 aromatic rings. The van der Waals surface area contributed by atoms with E-state index in [9.17, 15) is 4.79 Å². The number of carbonyl (C=O) groups is 1. The molecule has 0 aliphatic carbocycles. The highest BCUT2D eigenvalue weighted by Crippen LogP contribution is 2.11. The van der Waals surface area contributed by atoms with Crippen LogP contribution in [0, 0.1) is 0 Å². The molecule has 7 heteroatoms. The average molecular weight is 245 g/mol. The quantitative estimate of drug-likeness (QED) is 0.818. The summed E-state index contributed by atoms with van der Waals surface area (Å²) in [6.07, 6.45) is 1.33. The molecule has 0 saturated heterocycles. The van der Waals surface area contributed by atoms with E-state index in [1.807, 2.05) is 6.26 Å². The van der Waals surface area contributed by atoms with Gasteiger partial charge in [0.05, 0.1) is 6.54 Å². The predicted molar refractivity (Wildman–Crippen MR) is 59.2 cm³/mol. The van der Waals surface area contributed by atoms with Crippen molar-refractivity contribution in [3.63, 3.8) is 0 Å². The molecule has 1 rings (SSSR count). The zero-order valence-corrected chi connectivity index (χ0v) is 10.6. The topological polar surface area (TPSA) is 77.2 Å². The van der Waals surface area contributed by atoms with Crippen LogP contribution in [0.2, 0.25) is 0 Å². The number of nitrogens with zero attached hydrogens (tertiary/aromatic N) is 2. The molecule has 1 heterocycles. The first-order valence-electron chi connectivity index (χ1n) is 4.74. The fourth-order valence-electron chi connectivity index (χ4n) is 0.854. The van der Waals surface area contributed by atoms with Gasteiger partial charge in [-0.3, -0.25) is 0 Å². The molecule has 1 amide bonds. The lowest BCUT2D eigenvalue weighted by atomic mass is 10.2. The second kappa shape index (κ2) is 5.20. The molecule has 0 bridgehead atoms. The maximum absolute atomic E-state index is 11.3. The Morgan fingerprint density at radius 3 is 2.69 bits per heavy atom. The van der Waals surface area contributed by atoms with Crippen molar-refractivity contribution in [2.24, 2.45) is 0 Å². The van der Waals surface area contributed by atoms with E-state index in [4.69, 9.17) is 9.15 Å². The van der Waals surface area contributed by atoms with E-state index in [-0.39, 0.29) is 6.54 Å². The molecule has 0 saturated carbocycles. The van der Waals surface area contributed by atoms with Crippen LogP contribution in [0.4, 0.5) is 4.79 Å². The Morgan fingerprint density at radius 1 is 1.50 bits per heavy atom. The number of hydrogen-bond donors (Lipinski definition) is 1. The SMILES string of the molecule is CSc1nnc(CNC(=O)OC(C)(C)C)o1. The zero-order valence-electron chi connectivity index (χ0n) is 9.73. The van der Waals surface area contributed by atoms with Crippen LogP contribution in [-0.2, 0) is 11.3 Å². The van der Waals surface area contributed by atoms with Gasteiger partial charge in [-0.1, -0.05) is 11.8 Å². The molecule has 0 fully saturated rings. The van der Waals surface area contributed by atoms with Crippen LogP contribution in [0.15, 0.2) is 9.64 Å². The second-order valence-electron chi connectivity index (χ2n) is 4.02. The summed E-state index contributed by atoms with van der Waals surface area (Å²) in [5.74, 6) is 0.357. The van der Waals surface area contributed by atoms with Crippen molar-refractivity contribution in [2.45, 2.75) is 38.1 Å². The van der Waals surface area contributed by atoms with E-state index < -0.39 is 11.7 Å². The lowest BCUT2D eigenvalue weighted by Gasteiger charge is -2.19. The van der Waals surface area contributed by atoms with Crippen molar-refractivity contribution >= 4 is 17.9 Å². The third-order valence-corrected chi connectivity index (χ3v) is 1.92. The molecule has 1 N–H and O–H groups in total. The van der Waals surface area contributed by atoms with Gasteiger partial charge < -0.3 is 14.5 Å². The number of rotatable bonds is 3. The van der Waals surface area contributed by atoms with Gasteiger partial charge in [0.1, 0.15) is 5.60 Å². The van der Waals surface area contributed by atoms with E-state index in [1.54, 1.807) is 20.8 Å².